The van der Waals surface area contributed by atoms with Crippen LogP contribution in [0.4, 0.5) is 0 Å². The zero-order chi connectivity index (χ0) is 12.3. The molecule has 0 spiro atoms. The minimum absolute atomic E-state index is 0.00523. The van der Waals surface area contributed by atoms with E-state index in [0.717, 1.165) is 17.4 Å². The van der Waals surface area contributed by atoms with Gasteiger partial charge in [-0.05, 0) is 6.26 Å². The predicted octanol–water partition coefficient (Wildman–Crippen LogP) is 0.286. The van der Waals surface area contributed by atoms with E-state index in [1.165, 1.54) is 0 Å². The second-order valence-electron chi connectivity index (χ2n) is 3.83. The number of hydrogen-bond acceptors (Lipinski definition) is 4. The second kappa shape index (κ2) is 5.37. The molecule has 1 amide bonds. The predicted molar refractivity (Wildman–Crippen MR) is 67.8 cm³/mol. The van der Waals surface area contributed by atoms with Gasteiger partial charge < -0.3 is 9.88 Å². The summed E-state index contributed by atoms with van der Waals surface area (Å²) in [6.45, 7) is 1.27. The standard InChI is InChI=1S/C11H16N4OS/c1-15-8(7-14-11(15)17-2)6-13-10(16)9-4-3-5-12-9/h3-4,7,9,12H,5-6H2,1-2H3,(H,13,16)/t9-/m1/s1. The highest BCUT2D eigenvalue weighted by Gasteiger charge is 2.17. The maximum Gasteiger partial charge on any atom is 0.241 e. The van der Waals surface area contributed by atoms with Gasteiger partial charge in [0.2, 0.25) is 5.91 Å². The van der Waals surface area contributed by atoms with Crippen molar-refractivity contribution < 1.29 is 4.79 Å². The van der Waals surface area contributed by atoms with E-state index in [1.54, 1.807) is 18.0 Å². The van der Waals surface area contributed by atoms with Gasteiger partial charge in [-0.15, -0.1) is 0 Å². The lowest BCUT2D eigenvalue weighted by Gasteiger charge is -2.10. The molecule has 1 aromatic heterocycles. The van der Waals surface area contributed by atoms with Crippen molar-refractivity contribution in [2.45, 2.75) is 17.7 Å². The van der Waals surface area contributed by atoms with Gasteiger partial charge in [0.15, 0.2) is 5.16 Å². The fourth-order valence-electron chi connectivity index (χ4n) is 1.71. The summed E-state index contributed by atoms with van der Waals surface area (Å²) >= 11 is 1.59. The summed E-state index contributed by atoms with van der Waals surface area (Å²) in [7, 11) is 1.95. The zero-order valence-electron chi connectivity index (χ0n) is 9.93. The maximum absolute atomic E-state index is 11.7. The van der Waals surface area contributed by atoms with E-state index in [2.05, 4.69) is 15.6 Å². The van der Waals surface area contributed by atoms with E-state index in [4.69, 9.17) is 0 Å². The topological polar surface area (TPSA) is 59.0 Å². The van der Waals surface area contributed by atoms with Crippen molar-refractivity contribution in [3.05, 3.63) is 24.0 Å². The highest BCUT2D eigenvalue weighted by molar-refractivity contribution is 7.98. The quantitative estimate of drug-likeness (QED) is 0.597. The van der Waals surface area contributed by atoms with Crippen LogP contribution in [0.25, 0.3) is 0 Å². The Hall–Kier alpha value is -1.27. The van der Waals surface area contributed by atoms with Crippen LogP contribution in [0.5, 0.6) is 0 Å². The van der Waals surface area contributed by atoms with Gasteiger partial charge >= 0.3 is 0 Å². The number of imidazole rings is 1. The number of hydrogen-bond donors (Lipinski definition) is 2. The first-order valence-corrected chi connectivity index (χ1v) is 6.67. The lowest BCUT2D eigenvalue weighted by Crippen LogP contribution is -2.40. The minimum atomic E-state index is -0.191. The van der Waals surface area contributed by atoms with Crippen LogP contribution in [0.2, 0.25) is 0 Å². The molecule has 0 unspecified atom stereocenters. The molecule has 17 heavy (non-hydrogen) atoms. The summed E-state index contributed by atoms with van der Waals surface area (Å²) in [6.07, 6.45) is 7.62. The lowest BCUT2D eigenvalue weighted by molar-refractivity contribution is -0.122. The Kier molecular flexibility index (Phi) is 3.86. The number of rotatable bonds is 4. The summed E-state index contributed by atoms with van der Waals surface area (Å²) in [5, 5.41) is 6.92. The van der Waals surface area contributed by atoms with Crippen molar-refractivity contribution >= 4 is 17.7 Å². The van der Waals surface area contributed by atoms with Gasteiger partial charge in [0.05, 0.1) is 18.4 Å². The van der Waals surface area contributed by atoms with E-state index in [0.29, 0.717) is 6.54 Å². The normalized spacial score (nSPS) is 18.6. The van der Waals surface area contributed by atoms with E-state index in [-0.39, 0.29) is 11.9 Å². The van der Waals surface area contributed by atoms with Crippen LogP contribution >= 0.6 is 11.8 Å². The lowest BCUT2D eigenvalue weighted by atomic mass is 10.3. The molecule has 2 rings (SSSR count). The Morgan fingerprint density at radius 2 is 2.59 bits per heavy atom. The zero-order valence-corrected chi connectivity index (χ0v) is 10.8. The van der Waals surface area contributed by atoms with Crippen LogP contribution in [0, 0.1) is 0 Å². The first kappa shape index (κ1) is 12.2. The Morgan fingerprint density at radius 3 is 3.18 bits per heavy atom. The molecule has 0 aliphatic carbocycles. The molecule has 92 valence electrons. The largest absolute Gasteiger partial charge is 0.349 e. The maximum atomic E-state index is 11.7. The van der Waals surface area contributed by atoms with E-state index in [1.807, 2.05) is 30.0 Å². The van der Waals surface area contributed by atoms with Crippen molar-refractivity contribution in [1.82, 2.24) is 20.2 Å². The molecule has 1 atom stereocenters. The monoisotopic (exact) mass is 252 g/mol. The SMILES string of the molecule is CSc1ncc(CNC(=O)[C@H]2C=CCN2)n1C. The molecule has 0 aromatic carbocycles. The number of nitrogens with one attached hydrogen (secondary N) is 2. The molecule has 1 aromatic rings. The number of amides is 1. The van der Waals surface area contributed by atoms with Gasteiger partial charge in [0, 0.05) is 13.6 Å². The van der Waals surface area contributed by atoms with Gasteiger partial charge in [0.25, 0.3) is 0 Å². The van der Waals surface area contributed by atoms with Crippen molar-refractivity contribution in [3.63, 3.8) is 0 Å². The third-order valence-electron chi connectivity index (χ3n) is 2.73. The highest BCUT2D eigenvalue weighted by Crippen LogP contribution is 2.13. The van der Waals surface area contributed by atoms with E-state index >= 15 is 0 Å². The molecule has 0 fully saturated rings. The molecule has 1 aliphatic rings. The minimum Gasteiger partial charge on any atom is -0.349 e. The molecule has 0 bridgehead atoms. The van der Waals surface area contributed by atoms with Crippen LogP contribution in [-0.2, 0) is 18.4 Å². The molecule has 0 radical (unpaired) electrons. The van der Waals surface area contributed by atoms with Crippen LogP contribution < -0.4 is 10.6 Å². The fraction of sp³-hybridized carbons (Fsp3) is 0.455. The van der Waals surface area contributed by atoms with Gasteiger partial charge in [-0.1, -0.05) is 23.9 Å². The fourth-order valence-corrected chi connectivity index (χ4v) is 2.26. The average Bonchev–Trinajstić information content (AvgIpc) is 2.96. The first-order chi connectivity index (χ1) is 8.22. The van der Waals surface area contributed by atoms with Crippen molar-refractivity contribution in [2.75, 3.05) is 12.8 Å². The molecule has 0 saturated heterocycles. The van der Waals surface area contributed by atoms with Gasteiger partial charge in [-0.25, -0.2) is 4.98 Å². The number of nitrogens with zero attached hydrogens (tertiary/aromatic N) is 2. The highest BCUT2D eigenvalue weighted by atomic mass is 32.2. The van der Waals surface area contributed by atoms with Gasteiger partial charge in [-0.3, -0.25) is 10.1 Å². The van der Waals surface area contributed by atoms with Gasteiger partial charge in [-0.2, -0.15) is 0 Å². The molecule has 5 nitrogen and oxygen atoms in total. The molecule has 2 heterocycles. The van der Waals surface area contributed by atoms with Crippen LogP contribution in [0.3, 0.4) is 0 Å². The molecule has 2 N–H and O–H groups in total. The average molecular weight is 252 g/mol. The van der Waals surface area contributed by atoms with Crippen molar-refractivity contribution in [3.8, 4) is 0 Å². The molecule has 6 heteroatoms. The first-order valence-electron chi connectivity index (χ1n) is 5.44. The van der Waals surface area contributed by atoms with E-state index in [9.17, 15) is 4.79 Å². The molecule has 1 aliphatic heterocycles. The summed E-state index contributed by atoms with van der Waals surface area (Å²) in [5.74, 6) is 0.00523. The third-order valence-corrected chi connectivity index (χ3v) is 3.48. The Balaban J connectivity index is 1.91. The summed E-state index contributed by atoms with van der Waals surface area (Å²) in [4.78, 5) is 16.0. The number of aromatic nitrogens is 2. The Morgan fingerprint density at radius 1 is 1.76 bits per heavy atom. The number of thioether (sulfide) groups is 1. The molecule has 0 saturated carbocycles. The summed E-state index contributed by atoms with van der Waals surface area (Å²) in [6, 6.07) is -0.191. The Labute approximate surface area is 105 Å². The molecular formula is C11H16N4OS. The van der Waals surface area contributed by atoms with Crippen molar-refractivity contribution in [2.24, 2.45) is 7.05 Å². The van der Waals surface area contributed by atoms with Crippen LogP contribution in [-0.4, -0.2) is 34.3 Å². The molecular weight excluding hydrogens is 236 g/mol. The number of carbonyl (C=O) groups excluding carboxylic acids is 1. The van der Waals surface area contributed by atoms with Gasteiger partial charge in [0.1, 0.15) is 6.04 Å². The van der Waals surface area contributed by atoms with Crippen LogP contribution in [0.1, 0.15) is 5.69 Å². The third kappa shape index (κ3) is 2.70. The summed E-state index contributed by atoms with van der Waals surface area (Å²) < 4.78 is 1.99. The smallest absolute Gasteiger partial charge is 0.241 e. The van der Waals surface area contributed by atoms with Crippen molar-refractivity contribution in [1.29, 1.82) is 0 Å². The Bertz CT molecular complexity index is 441. The summed E-state index contributed by atoms with van der Waals surface area (Å²) in [5.41, 5.74) is 1.00. The van der Waals surface area contributed by atoms with E-state index < -0.39 is 0 Å². The second-order valence-corrected chi connectivity index (χ2v) is 4.60. The van der Waals surface area contributed by atoms with Crippen LogP contribution in [0.15, 0.2) is 23.5 Å². The number of carbonyl (C=O) groups is 1.